The van der Waals surface area contributed by atoms with Crippen molar-refractivity contribution in [1.29, 1.82) is 0 Å². The van der Waals surface area contributed by atoms with Crippen molar-refractivity contribution < 1.29 is 15.0 Å². The van der Waals surface area contributed by atoms with Crippen molar-refractivity contribution in [3.05, 3.63) is 12.2 Å². The van der Waals surface area contributed by atoms with Crippen molar-refractivity contribution in [3.8, 4) is 0 Å². The van der Waals surface area contributed by atoms with Crippen LogP contribution in [0.15, 0.2) is 12.2 Å². The Morgan fingerprint density at radius 1 is 0.955 bits per heavy atom. The van der Waals surface area contributed by atoms with E-state index in [2.05, 4.69) is 19.1 Å². The molecule has 0 saturated carbocycles. The second-order valence-corrected chi connectivity index (χ2v) is 5.91. The summed E-state index contributed by atoms with van der Waals surface area (Å²) in [7, 11) is 0. The van der Waals surface area contributed by atoms with Crippen LogP contribution in [0.1, 0.15) is 90.4 Å². The van der Waals surface area contributed by atoms with Crippen molar-refractivity contribution in [2.45, 2.75) is 96.5 Å². The molecule has 0 aromatic rings. The van der Waals surface area contributed by atoms with E-state index in [4.69, 9.17) is 5.11 Å². The Balaban J connectivity index is 0. The van der Waals surface area contributed by atoms with Gasteiger partial charge in [-0.3, -0.25) is 4.79 Å². The normalized spacial score (nSPS) is 12.3. The molecule has 0 radical (unpaired) electrons. The van der Waals surface area contributed by atoms with Crippen LogP contribution in [0.5, 0.6) is 0 Å². The number of aliphatic hydroxyl groups excluding tert-OH is 1. The molecule has 0 saturated heterocycles. The van der Waals surface area contributed by atoms with Crippen molar-refractivity contribution in [2.24, 2.45) is 0 Å². The van der Waals surface area contributed by atoms with E-state index in [1.54, 1.807) is 0 Å². The summed E-state index contributed by atoms with van der Waals surface area (Å²) in [4.78, 5) is 10.3. The van der Waals surface area contributed by atoms with Gasteiger partial charge in [-0.2, -0.15) is 0 Å². The molecule has 0 fully saturated rings. The van der Waals surface area contributed by atoms with Crippen LogP contribution in [0.4, 0.5) is 0 Å². The number of rotatable bonds is 15. The summed E-state index contributed by atoms with van der Waals surface area (Å²) in [5.74, 6) is -0.689. The fourth-order valence-electron chi connectivity index (χ4n) is 2.36. The Morgan fingerprint density at radius 3 is 2.27 bits per heavy atom. The minimum atomic E-state index is -0.689. The average Bonchev–Trinajstić information content (AvgIpc) is 2.45. The number of hydrogen-bond donors (Lipinski definition) is 2. The molecule has 0 aromatic heterocycles. The first-order chi connectivity index (χ1) is 10.2. The first kappa shape index (κ1) is 23.6. The number of aliphatic hydroxyl groups is 1. The fraction of sp³-hybridized carbons (Fsp3) is 0.833. The molecule has 22 heavy (non-hydrogen) atoms. The predicted octanol–water partition coefficient (Wildman–Crippen LogP) is 4.16. The molecule has 0 bridgehead atoms. The summed E-state index contributed by atoms with van der Waals surface area (Å²) in [6.07, 6.45) is 17.4. The molecule has 3 nitrogen and oxygen atoms in total. The Kier molecular flexibility index (Phi) is 19.7. The van der Waals surface area contributed by atoms with Gasteiger partial charge in [-0.15, -0.1) is 0 Å². The van der Waals surface area contributed by atoms with Gasteiger partial charge in [0.25, 0.3) is 0 Å². The van der Waals surface area contributed by atoms with E-state index in [1.807, 2.05) is 0 Å². The molecule has 0 aliphatic rings. The molecule has 0 heterocycles. The summed E-state index contributed by atoms with van der Waals surface area (Å²) in [6.45, 7) is 2.20. The molecule has 0 rings (SSSR count). The molecule has 0 unspecified atom stereocenters. The molecule has 0 amide bonds. The van der Waals surface area contributed by atoms with Gasteiger partial charge in [0.15, 0.2) is 0 Å². The minimum absolute atomic E-state index is 0. The summed E-state index contributed by atoms with van der Waals surface area (Å²) < 4.78 is 0. The first-order valence-electron chi connectivity index (χ1n) is 8.71. The number of carbonyl (C=O) groups is 1. The third kappa shape index (κ3) is 19.3. The zero-order valence-electron chi connectivity index (χ0n) is 13.7. The number of carboxylic acids is 1. The van der Waals surface area contributed by atoms with Gasteiger partial charge in [-0.05, 0) is 32.1 Å². The first-order valence-corrected chi connectivity index (χ1v) is 8.71. The quantitative estimate of drug-likeness (QED) is 0.271. The van der Waals surface area contributed by atoms with Crippen LogP contribution in [0.25, 0.3) is 0 Å². The Labute approximate surface area is 140 Å². The maximum atomic E-state index is 10.3. The van der Waals surface area contributed by atoms with Crippen LogP contribution in [-0.4, -0.2) is 32.4 Å². The predicted molar refractivity (Wildman–Crippen MR) is 97.0 cm³/mol. The molecule has 1 atom stereocenters. The van der Waals surface area contributed by atoms with Gasteiger partial charge < -0.3 is 10.2 Å². The monoisotopic (exact) mass is 309 g/mol. The summed E-state index contributed by atoms with van der Waals surface area (Å²) in [5.41, 5.74) is 0. The molecule has 0 spiro atoms. The maximum absolute atomic E-state index is 10.3. The Hall–Kier alpha value is -0.661. The number of hydrogen-bond acceptors (Lipinski definition) is 2. The van der Waals surface area contributed by atoms with Crippen LogP contribution in [0.3, 0.4) is 0 Å². The zero-order chi connectivity index (χ0) is 15.8. The van der Waals surface area contributed by atoms with Gasteiger partial charge in [0.05, 0.1) is 6.10 Å². The van der Waals surface area contributed by atoms with Gasteiger partial charge >= 0.3 is 16.1 Å². The Morgan fingerprint density at radius 2 is 1.59 bits per heavy atom. The molecule has 128 valence electrons. The standard InChI is InChI=1S/C18H34O3.Be.2H/c1-2-3-4-11-14-17(19)15-12-9-7-5-6-8-10-13-16-18(20)21;;;/h9,12,17,19H,2-8,10-11,13-16H2,1H3,(H,20,21);;;/b12-9-;;;/t17-;;;/m1.../s1. The van der Waals surface area contributed by atoms with Crippen LogP contribution in [0, 0.1) is 0 Å². The van der Waals surface area contributed by atoms with Gasteiger partial charge in [0, 0.05) is 6.42 Å². The third-order valence-corrected chi connectivity index (χ3v) is 3.73. The van der Waals surface area contributed by atoms with Crippen LogP contribution >= 0.6 is 0 Å². The number of aliphatic carboxylic acids is 1. The molecule has 0 aliphatic heterocycles. The number of unbranched alkanes of at least 4 members (excludes halogenated alkanes) is 8. The fourth-order valence-corrected chi connectivity index (χ4v) is 2.36. The van der Waals surface area contributed by atoms with Gasteiger partial charge in [-0.25, -0.2) is 0 Å². The average molecular weight is 309 g/mol. The topological polar surface area (TPSA) is 57.5 Å². The van der Waals surface area contributed by atoms with Gasteiger partial charge in [-0.1, -0.05) is 64.0 Å². The molecule has 0 aliphatic carbocycles. The second-order valence-electron chi connectivity index (χ2n) is 5.91. The molecule has 4 heteroatoms. The van der Waals surface area contributed by atoms with E-state index < -0.39 is 5.97 Å². The molecular weight excluding hydrogens is 273 g/mol. The van der Waals surface area contributed by atoms with E-state index in [0.29, 0.717) is 6.42 Å². The van der Waals surface area contributed by atoms with Crippen molar-refractivity contribution >= 4 is 16.1 Å². The third-order valence-electron chi connectivity index (χ3n) is 3.73. The van der Waals surface area contributed by atoms with Crippen molar-refractivity contribution in [1.82, 2.24) is 0 Å². The number of carboxylic acid groups (broad SMARTS) is 1. The van der Waals surface area contributed by atoms with Crippen molar-refractivity contribution in [2.75, 3.05) is 0 Å². The summed E-state index contributed by atoms with van der Waals surface area (Å²) in [6, 6.07) is 0. The van der Waals surface area contributed by atoms with Crippen LogP contribution in [0.2, 0.25) is 0 Å². The van der Waals surface area contributed by atoms with E-state index in [0.717, 1.165) is 51.4 Å². The second kappa shape index (κ2) is 18.4. The number of allylic oxidation sites excluding steroid dienone is 1. The van der Waals surface area contributed by atoms with Crippen LogP contribution < -0.4 is 0 Å². The molecular formula is C18H36BeO3. The summed E-state index contributed by atoms with van der Waals surface area (Å²) in [5, 5.41) is 18.3. The van der Waals surface area contributed by atoms with E-state index in [-0.39, 0.29) is 16.2 Å². The van der Waals surface area contributed by atoms with Crippen molar-refractivity contribution in [3.63, 3.8) is 0 Å². The SMILES string of the molecule is CCCCCC[C@@H](O)C/C=C\CCCCCCCC(=O)O.[BeH2]. The van der Waals surface area contributed by atoms with Crippen LogP contribution in [-0.2, 0) is 4.79 Å². The van der Waals surface area contributed by atoms with Gasteiger partial charge in [0.2, 0.25) is 0 Å². The molecule has 0 aromatic carbocycles. The Bertz CT molecular complexity index is 267. The van der Waals surface area contributed by atoms with E-state index in [1.165, 1.54) is 25.7 Å². The van der Waals surface area contributed by atoms with E-state index >= 15 is 0 Å². The summed E-state index contributed by atoms with van der Waals surface area (Å²) >= 11 is 0. The molecule has 2 N–H and O–H groups in total. The van der Waals surface area contributed by atoms with E-state index in [9.17, 15) is 9.90 Å². The zero-order valence-corrected chi connectivity index (χ0v) is 13.7. The van der Waals surface area contributed by atoms with Gasteiger partial charge in [0.1, 0.15) is 0 Å².